The highest BCUT2D eigenvalue weighted by Gasteiger charge is 2.30. The van der Waals surface area contributed by atoms with Crippen molar-refractivity contribution in [1.29, 1.82) is 0 Å². The first kappa shape index (κ1) is 16.1. The lowest BCUT2D eigenvalue weighted by Gasteiger charge is -2.34. The van der Waals surface area contributed by atoms with Crippen LogP contribution < -0.4 is 10.2 Å². The van der Waals surface area contributed by atoms with Gasteiger partial charge < -0.3 is 9.64 Å². The van der Waals surface area contributed by atoms with Crippen LogP contribution in [0.25, 0.3) is 0 Å². The molecule has 0 aliphatic carbocycles. The molecule has 0 saturated carbocycles. The molecule has 2 rings (SSSR count). The fourth-order valence-electron chi connectivity index (χ4n) is 1.92. The van der Waals surface area contributed by atoms with Crippen LogP contribution in [-0.4, -0.2) is 33.0 Å². The average Bonchev–Trinajstić information content (AvgIpc) is 2.38. The van der Waals surface area contributed by atoms with Gasteiger partial charge in [-0.05, 0) is 31.3 Å². The number of halogens is 4. The molecule has 0 aromatic heterocycles. The lowest BCUT2D eigenvalue weighted by Crippen LogP contribution is -2.48. The van der Waals surface area contributed by atoms with E-state index < -0.39 is 11.7 Å². The summed E-state index contributed by atoms with van der Waals surface area (Å²) in [6.45, 7) is 1.87. The third kappa shape index (κ3) is 3.99. The van der Waals surface area contributed by atoms with Crippen molar-refractivity contribution < 1.29 is 17.9 Å². The van der Waals surface area contributed by atoms with Crippen LogP contribution in [0, 0.1) is 0 Å². The third-order valence-corrected chi connectivity index (χ3v) is 2.95. The minimum Gasteiger partial charge on any atom is -0.365 e. The second kappa shape index (κ2) is 6.45. The van der Waals surface area contributed by atoms with E-state index in [2.05, 4.69) is 5.32 Å². The van der Waals surface area contributed by atoms with E-state index in [1.54, 1.807) is 7.05 Å². The summed E-state index contributed by atoms with van der Waals surface area (Å²) in [6.07, 6.45) is -4.36. The molecule has 1 fully saturated rings. The molecule has 1 unspecified atom stereocenters. The number of hydrogen-bond donors (Lipinski definition) is 1. The van der Waals surface area contributed by atoms with Crippen molar-refractivity contribution in [2.45, 2.75) is 12.4 Å². The zero-order valence-electron chi connectivity index (χ0n) is 10.4. The van der Waals surface area contributed by atoms with E-state index in [0.717, 1.165) is 17.8 Å². The fraction of sp³-hybridized carbons (Fsp3) is 0.500. The van der Waals surface area contributed by atoms with E-state index in [1.807, 2.05) is 4.90 Å². The Hall–Kier alpha value is -0.980. The number of alkyl halides is 3. The summed E-state index contributed by atoms with van der Waals surface area (Å²) in [5.41, 5.74) is 0.163. The number of ether oxygens (including phenoxy) is 1. The molecule has 1 aliphatic rings. The molecule has 7 heteroatoms. The summed E-state index contributed by atoms with van der Waals surface area (Å²) < 4.78 is 42.7. The van der Waals surface area contributed by atoms with Crippen molar-refractivity contribution >= 4 is 18.1 Å². The molecule has 1 heterocycles. The molecular weight excluding hydrogens is 281 g/mol. The highest BCUT2D eigenvalue weighted by Crippen LogP contribution is 2.30. The van der Waals surface area contributed by atoms with Crippen molar-refractivity contribution in [3.63, 3.8) is 0 Å². The smallest absolute Gasteiger partial charge is 0.365 e. The van der Waals surface area contributed by atoms with Gasteiger partial charge in [-0.25, -0.2) is 0 Å². The highest BCUT2D eigenvalue weighted by atomic mass is 35.5. The fourth-order valence-corrected chi connectivity index (χ4v) is 1.92. The quantitative estimate of drug-likeness (QED) is 0.907. The van der Waals surface area contributed by atoms with Gasteiger partial charge in [-0.3, -0.25) is 5.32 Å². The van der Waals surface area contributed by atoms with Crippen LogP contribution in [-0.2, 0) is 10.9 Å². The minimum atomic E-state index is -4.28. The lowest BCUT2D eigenvalue weighted by atomic mass is 10.2. The molecule has 1 aliphatic heterocycles. The summed E-state index contributed by atoms with van der Waals surface area (Å²) in [4.78, 5) is 2.00. The van der Waals surface area contributed by atoms with Gasteiger partial charge in [0.15, 0.2) is 0 Å². The van der Waals surface area contributed by atoms with E-state index >= 15 is 0 Å². The molecule has 1 aromatic carbocycles. The van der Waals surface area contributed by atoms with Gasteiger partial charge in [-0.1, -0.05) is 0 Å². The normalized spacial score (nSPS) is 20.0. The first-order chi connectivity index (χ1) is 8.50. The zero-order valence-corrected chi connectivity index (χ0v) is 11.2. The first-order valence-corrected chi connectivity index (χ1v) is 5.72. The topological polar surface area (TPSA) is 24.5 Å². The van der Waals surface area contributed by atoms with E-state index in [0.29, 0.717) is 19.7 Å². The minimum absolute atomic E-state index is 0. The van der Waals surface area contributed by atoms with Gasteiger partial charge in [0.1, 0.15) is 6.23 Å². The number of likely N-dealkylation sites (N-methyl/N-ethyl adjacent to an activating group) is 1. The zero-order chi connectivity index (χ0) is 13.2. The third-order valence-electron chi connectivity index (χ3n) is 2.95. The Bertz CT molecular complexity index is 397. The van der Waals surface area contributed by atoms with Crippen molar-refractivity contribution in [2.24, 2.45) is 0 Å². The summed E-state index contributed by atoms with van der Waals surface area (Å²) in [7, 11) is 1.79. The van der Waals surface area contributed by atoms with Gasteiger partial charge in [0, 0.05) is 12.2 Å². The Morgan fingerprint density at radius 3 is 2.42 bits per heavy atom. The molecule has 1 atom stereocenters. The molecule has 1 aromatic rings. The van der Waals surface area contributed by atoms with Crippen LogP contribution in [0.2, 0.25) is 0 Å². The van der Waals surface area contributed by atoms with E-state index in [1.165, 1.54) is 12.1 Å². The Morgan fingerprint density at radius 2 is 1.89 bits per heavy atom. The molecular formula is C12H16ClF3N2O. The predicted molar refractivity (Wildman–Crippen MR) is 69.7 cm³/mol. The largest absolute Gasteiger partial charge is 0.416 e. The Balaban J connectivity index is 0.00000180. The van der Waals surface area contributed by atoms with Crippen LogP contribution in [0.4, 0.5) is 18.9 Å². The number of benzene rings is 1. The summed E-state index contributed by atoms with van der Waals surface area (Å²) >= 11 is 0. The number of hydrogen-bond acceptors (Lipinski definition) is 3. The van der Waals surface area contributed by atoms with Gasteiger partial charge in [0.25, 0.3) is 0 Å². The van der Waals surface area contributed by atoms with E-state index in [4.69, 9.17) is 4.74 Å². The first-order valence-electron chi connectivity index (χ1n) is 5.72. The van der Waals surface area contributed by atoms with Crippen LogP contribution in [0.5, 0.6) is 0 Å². The number of nitrogens with one attached hydrogen (secondary N) is 1. The Kier molecular flexibility index (Phi) is 5.46. The lowest BCUT2D eigenvalue weighted by molar-refractivity contribution is -0.137. The number of rotatable bonds is 2. The van der Waals surface area contributed by atoms with Gasteiger partial charge >= 0.3 is 6.18 Å². The van der Waals surface area contributed by atoms with Crippen molar-refractivity contribution in [3.8, 4) is 0 Å². The maximum Gasteiger partial charge on any atom is 0.416 e. The molecule has 1 saturated heterocycles. The van der Waals surface area contributed by atoms with E-state index in [9.17, 15) is 13.2 Å². The summed E-state index contributed by atoms with van der Waals surface area (Å²) in [6, 6.07) is 5.22. The molecule has 0 radical (unpaired) electrons. The van der Waals surface area contributed by atoms with Crippen LogP contribution >= 0.6 is 12.4 Å². The highest BCUT2D eigenvalue weighted by molar-refractivity contribution is 5.85. The second-order valence-electron chi connectivity index (χ2n) is 4.14. The van der Waals surface area contributed by atoms with Crippen LogP contribution in [0.1, 0.15) is 5.56 Å². The van der Waals surface area contributed by atoms with Crippen LogP contribution in [0.3, 0.4) is 0 Å². The van der Waals surface area contributed by atoms with Crippen molar-refractivity contribution in [1.82, 2.24) is 5.32 Å². The maximum atomic E-state index is 12.4. The molecule has 0 amide bonds. The monoisotopic (exact) mass is 296 g/mol. The number of anilines is 1. The summed E-state index contributed by atoms with van der Waals surface area (Å²) in [5, 5.41) is 3.00. The van der Waals surface area contributed by atoms with E-state index in [-0.39, 0.29) is 18.6 Å². The SMILES string of the molecule is CNC1CN(c2ccc(C(F)(F)F)cc2)CCO1.Cl. The van der Waals surface area contributed by atoms with Crippen molar-refractivity contribution in [3.05, 3.63) is 29.8 Å². The number of morpholine rings is 1. The van der Waals surface area contributed by atoms with Crippen molar-refractivity contribution in [2.75, 3.05) is 31.6 Å². The maximum absolute atomic E-state index is 12.4. The van der Waals surface area contributed by atoms with Crippen LogP contribution in [0.15, 0.2) is 24.3 Å². The Labute approximate surface area is 116 Å². The molecule has 108 valence electrons. The van der Waals surface area contributed by atoms with Gasteiger partial charge in [-0.2, -0.15) is 13.2 Å². The van der Waals surface area contributed by atoms with Gasteiger partial charge in [0.05, 0.1) is 18.7 Å². The predicted octanol–water partition coefficient (Wildman–Crippen LogP) is 2.51. The second-order valence-corrected chi connectivity index (χ2v) is 4.14. The van der Waals surface area contributed by atoms with Gasteiger partial charge in [-0.15, -0.1) is 12.4 Å². The van der Waals surface area contributed by atoms with Gasteiger partial charge in [0.2, 0.25) is 0 Å². The molecule has 19 heavy (non-hydrogen) atoms. The molecule has 3 nitrogen and oxygen atoms in total. The summed E-state index contributed by atoms with van der Waals surface area (Å²) in [5.74, 6) is 0. The molecule has 0 bridgehead atoms. The average molecular weight is 297 g/mol. The number of nitrogens with zero attached hydrogens (tertiary/aromatic N) is 1. The molecule has 1 N–H and O–H groups in total. The Morgan fingerprint density at radius 1 is 1.26 bits per heavy atom. The molecule has 0 spiro atoms. The standard InChI is InChI=1S/C12H15F3N2O.ClH/c1-16-11-8-17(6-7-18-11)10-4-2-9(3-5-10)12(13,14)15;/h2-5,11,16H,6-8H2,1H3;1H.